The number of amides is 1. The van der Waals surface area contributed by atoms with Gasteiger partial charge in [-0.05, 0) is 37.0 Å². The van der Waals surface area contributed by atoms with Gasteiger partial charge in [0, 0.05) is 11.6 Å². The van der Waals surface area contributed by atoms with Crippen LogP contribution in [0.1, 0.15) is 36.5 Å². The number of nitrogens with one attached hydrogen (secondary N) is 1. The van der Waals surface area contributed by atoms with Gasteiger partial charge in [-0.25, -0.2) is 0 Å². The lowest BCUT2D eigenvalue weighted by Gasteiger charge is -2.09. The highest BCUT2D eigenvalue weighted by atomic mass is 16.1. The normalized spacial score (nSPS) is 22.2. The van der Waals surface area contributed by atoms with Gasteiger partial charge in [-0.1, -0.05) is 13.3 Å². The molecule has 1 amide bonds. The number of anilines is 2. The Morgan fingerprint density at radius 2 is 2.29 bits per heavy atom. The molecule has 4 heteroatoms. The van der Waals surface area contributed by atoms with E-state index in [1.165, 1.54) is 19.3 Å². The number of hydrogen-bond donors (Lipinski definition) is 3. The topological polar surface area (TPSA) is 81.1 Å². The lowest BCUT2D eigenvalue weighted by molar-refractivity contribution is 0.100. The molecule has 0 spiro atoms. The summed E-state index contributed by atoms with van der Waals surface area (Å²) in [6, 6.07) is 5.70. The molecule has 0 saturated heterocycles. The van der Waals surface area contributed by atoms with E-state index in [1.54, 1.807) is 12.1 Å². The van der Waals surface area contributed by atoms with Gasteiger partial charge in [-0.3, -0.25) is 4.79 Å². The fraction of sp³-hybridized carbons (Fsp3) is 0.462. The zero-order valence-corrected chi connectivity index (χ0v) is 10.1. The molecule has 1 aliphatic carbocycles. The third kappa shape index (κ3) is 2.70. The van der Waals surface area contributed by atoms with Crippen LogP contribution in [0.4, 0.5) is 11.4 Å². The summed E-state index contributed by atoms with van der Waals surface area (Å²) in [5.41, 5.74) is 13.0. The van der Waals surface area contributed by atoms with Gasteiger partial charge in [0.2, 0.25) is 5.91 Å². The van der Waals surface area contributed by atoms with Crippen LogP contribution in [-0.4, -0.2) is 11.9 Å². The number of hydrogen-bond acceptors (Lipinski definition) is 3. The molecule has 92 valence electrons. The standard InChI is InChI=1S/C13H19N3O/c1-2-3-8-7-12(8)16-11-5-4-9(13(15)17)6-10(11)14/h4-6,8,12,16H,2-3,7,14H2,1H3,(H2,15,17). The molecular weight excluding hydrogens is 214 g/mol. The minimum absolute atomic E-state index is 0.446. The van der Waals surface area contributed by atoms with E-state index in [0.717, 1.165) is 11.6 Å². The van der Waals surface area contributed by atoms with Crippen molar-refractivity contribution in [1.29, 1.82) is 0 Å². The molecule has 2 rings (SSSR count). The average molecular weight is 233 g/mol. The first kappa shape index (κ1) is 11.8. The molecule has 1 fully saturated rings. The SMILES string of the molecule is CCCC1CC1Nc1ccc(C(N)=O)cc1N. The predicted octanol–water partition coefficient (Wildman–Crippen LogP) is 1.97. The number of nitrogens with two attached hydrogens (primary N) is 2. The molecule has 5 N–H and O–H groups in total. The quantitative estimate of drug-likeness (QED) is 0.680. The largest absolute Gasteiger partial charge is 0.397 e. The maximum absolute atomic E-state index is 11.0. The molecule has 1 aliphatic rings. The molecule has 2 atom stereocenters. The Hall–Kier alpha value is -1.71. The summed E-state index contributed by atoms with van der Waals surface area (Å²) in [5.74, 6) is 0.328. The van der Waals surface area contributed by atoms with Gasteiger partial charge in [0.05, 0.1) is 11.4 Å². The summed E-state index contributed by atoms with van der Waals surface area (Å²) >= 11 is 0. The van der Waals surface area contributed by atoms with Gasteiger partial charge in [-0.15, -0.1) is 0 Å². The first-order chi connectivity index (χ1) is 8.11. The van der Waals surface area contributed by atoms with Crippen molar-refractivity contribution in [2.24, 2.45) is 11.7 Å². The molecule has 0 aliphatic heterocycles. The van der Waals surface area contributed by atoms with E-state index in [0.29, 0.717) is 17.3 Å². The number of rotatable bonds is 5. The van der Waals surface area contributed by atoms with Gasteiger partial charge in [-0.2, -0.15) is 0 Å². The lowest BCUT2D eigenvalue weighted by atomic mass is 10.1. The van der Waals surface area contributed by atoms with E-state index in [1.807, 2.05) is 6.07 Å². The molecule has 1 aromatic rings. The van der Waals surface area contributed by atoms with Crippen molar-refractivity contribution < 1.29 is 4.79 Å². The van der Waals surface area contributed by atoms with Crippen LogP contribution in [-0.2, 0) is 0 Å². The molecule has 17 heavy (non-hydrogen) atoms. The van der Waals surface area contributed by atoms with E-state index >= 15 is 0 Å². The number of nitrogen functional groups attached to an aromatic ring is 1. The molecular formula is C13H19N3O. The number of carbonyl (C=O) groups is 1. The van der Waals surface area contributed by atoms with Crippen LogP contribution >= 0.6 is 0 Å². The summed E-state index contributed by atoms with van der Waals surface area (Å²) in [4.78, 5) is 11.0. The minimum atomic E-state index is -0.446. The molecule has 4 nitrogen and oxygen atoms in total. The Morgan fingerprint density at radius 3 is 2.88 bits per heavy atom. The molecule has 2 unspecified atom stereocenters. The van der Waals surface area contributed by atoms with Crippen molar-refractivity contribution in [3.05, 3.63) is 23.8 Å². The summed E-state index contributed by atoms with van der Waals surface area (Å²) in [6.45, 7) is 2.20. The highest BCUT2D eigenvalue weighted by Gasteiger charge is 2.36. The summed E-state index contributed by atoms with van der Waals surface area (Å²) in [5, 5.41) is 3.41. The van der Waals surface area contributed by atoms with E-state index in [2.05, 4.69) is 12.2 Å². The fourth-order valence-electron chi connectivity index (χ4n) is 2.16. The minimum Gasteiger partial charge on any atom is -0.397 e. The first-order valence-electron chi connectivity index (χ1n) is 6.07. The van der Waals surface area contributed by atoms with Gasteiger partial charge in [0.25, 0.3) is 0 Å². The Bertz CT molecular complexity index is 431. The maximum atomic E-state index is 11.0. The zero-order valence-electron chi connectivity index (χ0n) is 10.1. The van der Waals surface area contributed by atoms with Crippen LogP contribution in [0.3, 0.4) is 0 Å². The zero-order chi connectivity index (χ0) is 12.4. The van der Waals surface area contributed by atoms with Crippen molar-refractivity contribution in [2.75, 3.05) is 11.1 Å². The smallest absolute Gasteiger partial charge is 0.248 e. The van der Waals surface area contributed by atoms with E-state index < -0.39 is 5.91 Å². The van der Waals surface area contributed by atoms with Crippen LogP contribution in [0, 0.1) is 5.92 Å². The second-order valence-corrected chi connectivity index (χ2v) is 4.70. The van der Waals surface area contributed by atoms with Crippen LogP contribution in [0.15, 0.2) is 18.2 Å². The van der Waals surface area contributed by atoms with Crippen molar-refractivity contribution in [2.45, 2.75) is 32.2 Å². The lowest BCUT2D eigenvalue weighted by Crippen LogP contribution is -2.12. The third-order valence-corrected chi connectivity index (χ3v) is 3.26. The van der Waals surface area contributed by atoms with Crippen LogP contribution in [0.2, 0.25) is 0 Å². The molecule has 0 radical (unpaired) electrons. The van der Waals surface area contributed by atoms with Crippen LogP contribution in [0.5, 0.6) is 0 Å². The molecule has 0 heterocycles. The van der Waals surface area contributed by atoms with Gasteiger partial charge < -0.3 is 16.8 Å². The van der Waals surface area contributed by atoms with Crippen LogP contribution < -0.4 is 16.8 Å². The molecule has 1 saturated carbocycles. The molecule has 0 aromatic heterocycles. The van der Waals surface area contributed by atoms with Crippen molar-refractivity contribution in [3.8, 4) is 0 Å². The van der Waals surface area contributed by atoms with Gasteiger partial charge in [0.15, 0.2) is 0 Å². The Labute approximate surface area is 101 Å². The van der Waals surface area contributed by atoms with Crippen molar-refractivity contribution >= 4 is 17.3 Å². The number of primary amides is 1. The highest BCUT2D eigenvalue weighted by molar-refractivity contribution is 5.94. The van der Waals surface area contributed by atoms with Gasteiger partial charge in [0.1, 0.15) is 0 Å². The fourth-order valence-corrected chi connectivity index (χ4v) is 2.16. The Kier molecular flexibility index (Phi) is 3.22. The Balaban J connectivity index is 2.00. The average Bonchev–Trinajstić information content (AvgIpc) is 3.00. The Morgan fingerprint density at radius 1 is 1.53 bits per heavy atom. The summed E-state index contributed by atoms with van der Waals surface area (Å²) < 4.78 is 0. The summed E-state index contributed by atoms with van der Waals surface area (Å²) in [6.07, 6.45) is 3.70. The first-order valence-corrected chi connectivity index (χ1v) is 6.07. The monoisotopic (exact) mass is 233 g/mol. The van der Waals surface area contributed by atoms with E-state index in [-0.39, 0.29) is 0 Å². The summed E-state index contributed by atoms with van der Waals surface area (Å²) in [7, 11) is 0. The highest BCUT2D eigenvalue weighted by Crippen LogP contribution is 2.38. The molecule has 1 aromatic carbocycles. The van der Waals surface area contributed by atoms with E-state index in [4.69, 9.17) is 11.5 Å². The van der Waals surface area contributed by atoms with E-state index in [9.17, 15) is 4.79 Å². The van der Waals surface area contributed by atoms with Crippen molar-refractivity contribution in [1.82, 2.24) is 0 Å². The second kappa shape index (κ2) is 4.65. The third-order valence-electron chi connectivity index (χ3n) is 3.26. The predicted molar refractivity (Wildman–Crippen MR) is 69.8 cm³/mol. The molecule has 0 bridgehead atoms. The van der Waals surface area contributed by atoms with Crippen LogP contribution in [0.25, 0.3) is 0 Å². The number of carbonyl (C=O) groups excluding carboxylic acids is 1. The number of benzene rings is 1. The second-order valence-electron chi connectivity index (χ2n) is 4.70. The van der Waals surface area contributed by atoms with Gasteiger partial charge >= 0.3 is 0 Å². The van der Waals surface area contributed by atoms with Crippen molar-refractivity contribution in [3.63, 3.8) is 0 Å². The maximum Gasteiger partial charge on any atom is 0.248 e.